The number of carbonyl (C=O) groups is 1. The Morgan fingerprint density at radius 1 is 1.32 bits per heavy atom. The molecule has 0 unspecified atom stereocenters. The van der Waals surface area contributed by atoms with Gasteiger partial charge in [0.15, 0.2) is 0 Å². The highest BCUT2D eigenvalue weighted by atomic mass is 16.5. The van der Waals surface area contributed by atoms with E-state index in [0.717, 1.165) is 5.69 Å². The van der Waals surface area contributed by atoms with Gasteiger partial charge in [0.05, 0.1) is 12.8 Å². The van der Waals surface area contributed by atoms with Crippen molar-refractivity contribution in [1.82, 2.24) is 4.98 Å². The Hall–Kier alpha value is -2.56. The lowest BCUT2D eigenvalue weighted by Gasteiger charge is -2.09. The van der Waals surface area contributed by atoms with E-state index in [4.69, 9.17) is 10.5 Å². The fourth-order valence-corrected chi connectivity index (χ4v) is 1.68. The monoisotopic (exact) mass is 257 g/mol. The molecule has 98 valence electrons. The molecular formula is C14H15N3O2. The third-order valence-corrected chi connectivity index (χ3v) is 2.65. The molecule has 19 heavy (non-hydrogen) atoms. The van der Waals surface area contributed by atoms with Gasteiger partial charge in [0.1, 0.15) is 5.75 Å². The topological polar surface area (TPSA) is 77.2 Å². The van der Waals surface area contributed by atoms with Gasteiger partial charge in [-0.1, -0.05) is 0 Å². The molecule has 3 N–H and O–H groups in total. The van der Waals surface area contributed by atoms with E-state index in [0.29, 0.717) is 22.7 Å². The molecule has 1 aromatic carbocycles. The third-order valence-electron chi connectivity index (χ3n) is 2.65. The van der Waals surface area contributed by atoms with Crippen molar-refractivity contribution >= 4 is 17.3 Å². The molecule has 0 saturated heterocycles. The van der Waals surface area contributed by atoms with Gasteiger partial charge in [0, 0.05) is 29.2 Å². The number of benzene rings is 1. The third kappa shape index (κ3) is 3.01. The van der Waals surface area contributed by atoms with Crippen LogP contribution in [-0.2, 0) is 0 Å². The van der Waals surface area contributed by atoms with Crippen molar-refractivity contribution in [3.8, 4) is 5.75 Å². The van der Waals surface area contributed by atoms with Crippen LogP contribution >= 0.6 is 0 Å². The van der Waals surface area contributed by atoms with Gasteiger partial charge in [0.25, 0.3) is 5.91 Å². The second-order valence-electron chi connectivity index (χ2n) is 4.10. The van der Waals surface area contributed by atoms with Gasteiger partial charge < -0.3 is 15.8 Å². The SMILES string of the molecule is COc1cc(NC(=O)c2ccnc(C)c2)ccc1N. The van der Waals surface area contributed by atoms with E-state index >= 15 is 0 Å². The zero-order valence-electron chi connectivity index (χ0n) is 10.8. The van der Waals surface area contributed by atoms with Crippen LogP contribution in [0.15, 0.2) is 36.5 Å². The molecule has 5 nitrogen and oxygen atoms in total. The first kappa shape index (κ1) is 12.9. The van der Waals surface area contributed by atoms with Gasteiger partial charge in [-0.25, -0.2) is 0 Å². The molecule has 1 heterocycles. The van der Waals surface area contributed by atoms with Crippen LogP contribution in [0.25, 0.3) is 0 Å². The number of carbonyl (C=O) groups excluding carboxylic acids is 1. The van der Waals surface area contributed by atoms with E-state index in [2.05, 4.69) is 10.3 Å². The fraction of sp³-hybridized carbons (Fsp3) is 0.143. The van der Waals surface area contributed by atoms with E-state index in [1.807, 2.05) is 6.92 Å². The summed E-state index contributed by atoms with van der Waals surface area (Å²) in [6.45, 7) is 1.84. The number of nitrogen functional groups attached to an aromatic ring is 1. The fourth-order valence-electron chi connectivity index (χ4n) is 1.68. The number of pyridine rings is 1. The summed E-state index contributed by atoms with van der Waals surface area (Å²) in [7, 11) is 1.53. The molecule has 0 aliphatic carbocycles. The largest absolute Gasteiger partial charge is 0.495 e. The molecule has 0 spiro atoms. The van der Waals surface area contributed by atoms with Crippen molar-refractivity contribution in [2.24, 2.45) is 0 Å². The number of aryl methyl sites for hydroxylation is 1. The Bertz CT molecular complexity index is 611. The summed E-state index contributed by atoms with van der Waals surface area (Å²) in [4.78, 5) is 16.1. The lowest BCUT2D eigenvalue weighted by atomic mass is 10.2. The zero-order chi connectivity index (χ0) is 13.8. The van der Waals surface area contributed by atoms with Crippen LogP contribution < -0.4 is 15.8 Å². The first-order valence-corrected chi connectivity index (χ1v) is 5.77. The number of nitrogens with zero attached hydrogens (tertiary/aromatic N) is 1. The van der Waals surface area contributed by atoms with Crippen molar-refractivity contribution in [3.63, 3.8) is 0 Å². The quantitative estimate of drug-likeness (QED) is 0.827. The van der Waals surface area contributed by atoms with Gasteiger partial charge in [-0.2, -0.15) is 0 Å². The number of anilines is 2. The molecule has 1 aromatic heterocycles. The van der Waals surface area contributed by atoms with E-state index in [9.17, 15) is 4.79 Å². The molecule has 0 bridgehead atoms. The van der Waals surface area contributed by atoms with Crippen molar-refractivity contribution in [2.75, 3.05) is 18.2 Å². The molecule has 0 radical (unpaired) electrons. The number of nitrogens with two attached hydrogens (primary N) is 1. The van der Waals surface area contributed by atoms with Gasteiger partial charge in [0.2, 0.25) is 0 Å². The molecule has 0 aliphatic heterocycles. The Kier molecular flexibility index (Phi) is 3.66. The predicted molar refractivity (Wildman–Crippen MR) is 74.3 cm³/mol. The maximum atomic E-state index is 12.0. The van der Waals surface area contributed by atoms with Gasteiger partial charge >= 0.3 is 0 Å². The highest BCUT2D eigenvalue weighted by Gasteiger charge is 2.08. The zero-order valence-corrected chi connectivity index (χ0v) is 10.8. The molecule has 0 aliphatic rings. The lowest BCUT2D eigenvalue weighted by Crippen LogP contribution is -2.12. The van der Waals surface area contributed by atoms with Crippen molar-refractivity contribution < 1.29 is 9.53 Å². The Morgan fingerprint density at radius 2 is 2.11 bits per heavy atom. The van der Waals surface area contributed by atoms with Crippen molar-refractivity contribution in [3.05, 3.63) is 47.8 Å². The number of rotatable bonds is 3. The van der Waals surface area contributed by atoms with Crippen molar-refractivity contribution in [1.29, 1.82) is 0 Å². The molecule has 1 amide bonds. The standard InChI is InChI=1S/C14H15N3O2/c1-9-7-10(5-6-16-9)14(18)17-11-3-4-12(15)13(8-11)19-2/h3-8H,15H2,1-2H3,(H,17,18). The van der Waals surface area contributed by atoms with Crippen LogP contribution in [0.1, 0.15) is 16.1 Å². The minimum Gasteiger partial charge on any atom is -0.495 e. The van der Waals surface area contributed by atoms with Gasteiger partial charge in [-0.15, -0.1) is 0 Å². The molecular weight excluding hydrogens is 242 g/mol. The van der Waals surface area contributed by atoms with Crippen LogP contribution in [-0.4, -0.2) is 18.0 Å². The minimum absolute atomic E-state index is 0.197. The summed E-state index contributed by atoms with van der Waals surface area (Å²) >= 11 is 0. The maximum absolute atomic E-state index is 12.0. The van der Waals surface area contributed by atoms with Gasteiger partial charge in [-0.05, 0) is 31.2 Å². The molecule has 0 saturated carbocycles. The number of aromatic nitrogens is 1. The maximum Gasteiger partial charge on any atom is 0.255 e. The predicted octanol–water partition coefficient (Wildman–Crippen LogP) is 2.23. The summed E-state index contributed by atoms with van der Waals surface area (Å²) in [6, 6.07) is 8.48. The summed E-state index contributed by atoms with van der Waals surface area (Å²) in [6.07, 6.45) is 1.60. The number of hydrogen-bond acceptors (Lipinski definition) is 4. The second kappa shape index (κ2) is 5.39. The Morgan fingerprint density at radius 3 is 2.79 bits per heavy atom. The van der Waals surface area contributed by atoms with E-state index in [-0.39, 0.29) is 5.91 Å². The van der Waals surface area contributed by atoms with Crippen LogP contribution in [0, 0.1) is 6.92 Å². The van der Waals surface area contributed by atoms with Crippen LogP contribution in [0.3, 0.4) is 0 Å². The number of nitrogens with one attached hydrogen (secondary N) is 1. The highest BCUT2D eigenvalue weighted by molar-refractivity contribution is 6.04. The smallest absolute Gasteiger partial charge is 0.255 e. The normalized spacial score (nSPS) is 10.0. The molecule has 5 heteroatoms. The summed E-state index contributed by atoms with van der Waals surface area (Å²) in [5.74, 6) is 0.334. The van der Waals surface area contributed by atoms with E-state index in [1.165, 1.54) is 7.11 Å². The number of ether oxygens (including phenoxy) is 1. The molecule has 2 aromatic rings. The van der Waals surface area contributed by atoms with Crippen molar-refractivity contribution in [2.45, 2.75) is 6.92 Å². The number of hydrogen-bond donors (Lipinski definition) is 2. The molecule has 2 rings (SSSR count). The first-order valence-electron chi connectivity index (χ1n) is 5.77. The second-order valence-corrected chi connectivity index (χ2v) is 4.10. The van der Waals surface area contributed by atoms with Crippen LogP contribution in [0.5, 0.6) is 5.75 Å². The van der Waals surface area contributed by atoms with Crippen LogP contribution in [0.4, 0.5) is 11.4 Å². The first-order chi connectivity index (χ1) is 9.10. The van der Waals surface area contributed by atoms with Crippen LogP contribution in [0.2, 0.25) is 0 Å². The number of amides is 1. The van der Waals surface area contributed by atoms with E-state index in [1.54, 1.807) is 36.5 Å². The minimum atomic E-state index is -0.197. The van der Waals surface area contributed by atoms with Gasteiger partial charge in [-0.3, -0.25) is 9.78 Å². The summed E-state index contributed by atoms with van der Waals surface area (Å²) in [5, 5.41) is 2.79. The Labute approximate surface area is 111 Å². The molecule has 0 fully saturated rings. The molecule has 0 atom stereocenters. The average molecular weight is 257 g/mol. The average Bonchev–Trinajstić information content (AvgIpc) is 2.41. The van der Waals surface area contributed by atoms with E-state index < -0.39 is 0 Å². The number of methoxy groups -OCH3 is 1. The Balaban J connectivity index is 2.19. The lowest BCUT2D eigenvalue weighted by molar-refractivity contribution is 0.102. The highest BCUT2D eigenvalue weighted by Crippen LogP contribution is 2.25. The summed E-state index contributed by atoms with van der Waals surface area (Å²) in [5.41, 5.74) is 8.23. The summed E-state index contributed by atoms with van der Waals surface area (Å²) < 4.78 is 5.11.